The summed E-state index contributed by atoms with van der Waals surface area (Å²) in [5.74, 6) is 0. The van der Waals surface area contributed by atoms with Gasteiger partial charge in [-0.05, 0) is 25.0 Å². The Kier molecular flexibility index (Phi) is 4.17. The van der Waals surface area contributed by atoms with Crippen molar-refractivity contribution in [3.63, 3.8) is 0 Å². The summed E-state index contributed by atoms with van der Waals surface area (Å²) in [4.78, 5) is 13.2. The van der Waals surface area contributed by atoms with Crippen molar-refractivity contribution < 1.29 is 23.1 Å². The second kappa shape index (κ2) is 5.70. The lowest BCUT2D eigenvalue weighted by Crippen LogP contribution is -2.44. The van der Waals surface area contributed by atoms with Crippen LogP contribution in [-0.4, -0.2) is 35.2 Å². The van der Waals surface area contributed by atoms with E-state index >= 15 is 0 Å². The summed E-state index contributed by atoms with van der Waals surface area (Å²) in [6, 6.07) is 4.20. The highest BCUT2D eigenvalue weighted by molar-refractivity contribution is 5.90. The van der Waals surface area contributed by atoms with Crippen LogP contribution in [0.5, 0.6) is 0 Å². The van der Waals surface area contributed by atoms with Gasteiger partial charge in [-0.3, -0.25) is 0 Å². The zero-order valence-electron chi connectivity index (χ0n) is 10.7. The van der Waals surface area contributed by atoms with Crippen LogP contribution in [-0.2, 0) is 6.18 Å². The van der Waals surface area contributed by atoms with Crippen molar-refractivity contribution in [2.45, 2.75) is 25.1 Å². The number of aliphatic hydroxyl groups excluding tert-OH is 1. The van der Waals surface area contributed by atoms with Gasteiger partial charge in [0.05, 0.1) is 17.4 Å². The minimum atomic E-state index is -4.52. The Morgan fingerprint density at radius 3 is 2.70 bits per heavy atom. The molecule has 1 aromatic rings. The molecule has 0 aliphatic carbocycles. The Morgan fingerprint density at radius 2 is 2.05 bits per heavy atom. The third-order valence-electron chi connectivity index (χ3n) is 3.16. The van der Waals surface area contributed by atoms with E-state index in [0.717, 1.165) is 6.07 Å². The van der Waals surface area contributed by atoms with E-state index < -0.39 is 23.9 Å². The quantitative estimate of drug-likeness (QED) is 0.834. The van der Waals surface area contributed by atoms with Crippen LogP contribution in [0.4, 0.5) is 23.7 Å². The van der Waals surface area contributed by atoms with E-state index in [4.69, 9.17) is 0 Å². The zero-order valence-corrected chi connectivity index (χ0v) is 10.7. The van der Waals surface area contributed by atoms with E-state index in [9.17, 15) is 23.1 Å². The fraction of sp³-hybridized carbons (Fsp3) is 0.462. The van der Waals surface area contributed by atoms with E-state index in [2.05, 4.69) is 5.32 Å². The number of rotatable bonds is 1. The van der Waals surface area contributed by atoms with Gasteiger partial charge in [-0.25, -0.2) is 4.79 Å². The van der Waals surface area contributed by atoms with E-state index in [0.29, 0.717) is 19.4 Å². The number of nitrogens with one attached hydrogen (secondary N) is 1. The Bertz CT molecular complexity index is 491. The molecule has 1 aliphatic heterocycles. The van der Waals surface area contributed by atoms with Gasteiger partial charge in [0.2, 0.25) is 0 Å². The van der Waals surface area contributed by atoms with Crippen molar-refractivity contribution in [3.05, 3.63) is 29.8 Å². The molecule has 0 unspecified atom stereocenters. The summed E-state index contributed by atoms with van der Waals surface area (Å²) in [5.41, 5.74) is -1.16. The molecule has 0 bridgehead atoms. The lowest BCUT2D eigenvalue weighted by atomic mass is 10.1. The van der Waals surface area contributed by atoms with Gasteiger partial charge >= 0.3 is 12.2 Å². The maximum absolute atomic E-state index is 12.8. The Morgan fingerprint density at radius 1 is 1.35 bits per heavy atom. The number of β-amino-alcohol motifs (C(OH)–C–C–N with tert-alkyl or cyclic N) is 1. The maximum atomic E-state index is 12.8. The lowest BCUT2D eigenvalue weighted by Gasteiger charge is -2.30. The van der Waals surface area contributed by atoms with Gasteiger partial charge in [0.1, 0.15) is 0 Å². The predicted molar refractivity (Wildman–Crippen MR) is 67.3 cm³/mol. The van der Waals surface area contributed by atoms with Gasteiger partial charge in [0, 0.05) is 13.1 Å². The number of carbonyl (C=O) groups is 1. The van der Waals surface area contributed by atoms with Gasteiger partial charge in [-0.15, -0.1) is 0 Å². The highest BCUT2D eigenvalue weighted by Crippen LogP contribution is 2.34. The summed E-state index contributed by atoms with van der Waals surface area (Å²) in [7, 11) is 0. The molecule has 2 N–H and O–H groups in total. The van der Waals surface area contributed by atoms with Crippen LogP contribution in [0.25, 0.3) is 0 Å². The molecule has 0 aromatic heterocycles. The van der Waals surface area contributed by atoms with Crippen LogP contribution in [0.3, 0.4) is 0 Å². The zero-order chi connectivity index (χ0) is 14.8. The molecule has 7 heteroatoms. The van der Waals surface area contributed by atoms with E-state index in [-0.39, 0.29) is 12.2 Å². The van der Waals surface area contributed by atoms with Gasteiger partial charge in [0.25, 0.3) is 0 Å². The predicted octanol–water partition coefficient (Wildman–Crippen LogP) is 2.69. The molecule has 1 aromatic carbocycles. The Balaban J connectivity index is 2.12. The number of urea groups is 1. The Labute approximate surface area is 114 Å². The van der Waals surface area contributed by atoms with E-state index in [1.54, 1.807) is 0 Å². The van der Waals surface area contributed by atoms with Crippen LogP contribution < -0.4 is 5.32 Å². The monoisotopic (exact) mass is 288 g/mol. The van der Waals surface area contributed by atoms with Crippen LogP contribution in [0.2, 0.25) is 0 Å². The van der Waals surface area contributed by atoms with Gasteiger partial charge in [-0.1, -0.05) is 12.1 Å². The van der Waals surface area contributed by atoms with Crippen molar-refractivity contribution in [3.8, 4) is 0 Å². The van der Waals surface area contributed by atoms with Gasteiger partial charge in [-0.2, -0.15) is 13.2 Å². The maximum Gasteiger partial charge on any atom is 0.418 e. The molecule has 0 radical (unpaired) electrons. The fourth-order valence-electron chi connectivity index (χ4n) is 2.17. The van der Waals surface area contributed by atoms with Crippen LogP contribution in [0.1, 0.15) is 18.4 Å². The number of benzene rings is 1. The average Bonchev–Trinajstić information content (AvgIpc) is 2.38. The molecule has 1 saturated heterocycles. The van der Waals surface area contributed by atoms with Gasteiger partial charge in [0.15, 0.2) is 0 Å². The number of amides is 2. The first-order valence-corrected chi connectivity index (χ1v) is 6.28. The number of hydrogen-bond acceptors (Lipinski definition) is 2. The molecule has 0 spiro atoms. The molecule has 2 rings (SSSR count). The molecule has 110 valence electrons. The number of halogens is 3. The number of aliphatic hydroxyl groups is 1. The topological polar surface area (TPSA) is 52.6 Å². The van der Waals surface area contributed by atoms with Crippen molar-refractivity contribution in [2.75, 3.05) is 18.4 Å². The molecular weight excluding hydrogens is 273 g/mol. The second-order valence-corrected chi connectivity index (χ2v) is 4.72. The summed E-state index contributed by atoms with van der Waals surface area (Å²) in [5, 5.41) is 11.7. The second-order valence-electron chi connectivity index (χ2n) is 4.72. The fourth-order valence-corrected chi connectivity index (χ4v) is 2.17. The first kappa shape index (κ1) is 14.6. The average molecular weight is 288 g/mol. The van der Waals surface area contributed by atoms with Crippen molar-refractivity contribution in [1.82, 2.24) is 4.90 Å². The SMILES string of the molecule is O=C(Nc1ccccc1C(F)(F)F)N1CCC[C@H](O)C1. The van der Waals surface area contributed by atoms with Crippen LogP contribution in [0.15, 0.2) is 24.3 Å². The molecule has 0 saturated carbocycles. The number of para-hydroxylation sites is 1. The minimum absolute atomic E-state index is 0.139. The van der Waals surface area contributed by atoms with E-state index in [1.807, 2.05) is 0 Å². The standard InChI is InChI=1S/C13H15F3N2O2/c14-13(15,16)10-5-1-2-6-11(10)17-12(20)18-7-3-4-9(19)8-18/h1-2,5-6,9,19H,3-4,7-8H2,(H,17,20)/t9-/m0/s1. The molecule has 2 amide bonds. The van der Waals surface area contributed by atoms with Crippen molar-refractivity contribution in [2.24, 2.45) is 0 Å². The summed E-state index contributed by atoms with van der Waals surface area (Å²) in [6.45, 7) is 0.567. The van der Waals surface area contributed by atoms with Crippen LogP contribution in [0, 0.1) is 0 Å². The number of alkyl halides is 3. The first-order chi connectivity index (χ1) is 9.38. The normalized spacial score (nSPS) is 19.8. The third kappa shape index (κ3) is 3.41. The molecular formula is C13H15F3N2O2. The Hall–Kier alpha value is -1.76. The molecule has 1 fully saturated rings. The lowest BCUT2D eigenvalue weighted by molar-refractivity contribution is -0.136. The molecule has 1 atom stereocenters. The molecule has 20 heavy (non-hydrogen) atoms. The van der Waals surface area contributed by atoms with E-state index in [1.165, 1.54) is 23.1 Å². The smallest absolute Gasteiger partial charge is 0.391 e. The highest BCUT2D eigenvalue weighted by atomic mass is 19.4. The number of likely N-dealkylation sites (tertiary alicyclic amines) is 1. The number of hydrogen-bond donors (Lipinski definition) is 2. The van der Waals surface area contributed by atoms with Gasteiger partial charge < -0.3 is 15.3 Å². The summed E-state index contributed by atoms with van der Waals surface area (Å²) >= 11 is 0. The summed E-state index contributed by atoms with van der Waals surface area (Å²) in [6.07, 6.45) is -3.91. The third-order valence-corrected chi connectivity index (χ3v) is 3.16. The molecule has 1 aliphatic rings. The number of anilines is 1. The number of nitrogens with zero attached hydrogens (tertiary/aromatic N) is 1. The first-order valence-electron chi connectivity index (χ1n) is 6.28. The number of piperidine rings is 1. The number of carbonyl (C=O) groups excluding carboxylic acids is 1. The highest BCUT2D eigenvalue weighted by Gasteiger charge is 2.34. The minimum Gasteiger partial charge on any atom is -0.391 e. The van der Waals surface area contributed by atoms with Crippen molar-refractivity contribution in [1.29, 1.82) is 0 Å². The van der Waals surface area contributed by atoms with Crippen molar-refractivity contribution >= 4 is 11.7 Å². The summed E-state index contributed by atoms with van der Waals surface area (Å²) < 4.78 is 38.4. The molecule has 4 nitrogen and oxygen atoms in total. The molecule has 1 heterocycles. The largest absolute Gasteiger partial charge is 0.418 e. The van der Waals surface area contributed by atoms with Crippen LogP contribution >= 0.6 is 0 Å².